The second-order valence-electron chi connectivity index (χ2n) is 2.99. The van der Waals surface area contributed by atoms with Crippen LogP contribution in [-0.2, 0) is 16.1 Å². The van der Waals surface area contributed by atoms with Crippen molar-refractivity contribution in [3.05, 3.63) is 16.6 Å². The number of nitrogens with zero attached hydrogens (tertiary/aromatic N) is 1. The first-order chi connectivity index (χ1) is 8.18. The van der Waals surface area contributed by atoms with E-state index in [1.54, 1.807) is 11.7 Å². The largest absolute Gasteiger partial charge is 0.450 e. The zero-order chi connectivity index (χ0) is 12.5. The Morgan fingerprint density at radius 3 is 2.94 bits per heavy atom. The number of hydrogen-bond donors (Lipinski definition) is 2. The Kier molecular flexibility index (Phi) is 5.80. The molecule has 0 saturated heterocycles. The van der Waals surface area contributed by atoms with Crippen LogP contribution in [0.2, 0.25) is 0 Å². The van der Waals surface area contributed by atoms with Crippen molar-refractivity contribution < 1.29 is 19.1 Å². The Morgan fingerprint density at radius 1 is 1.47 bits per heavy atom. The van der Waals surface area contributed by atoms with Gasteiger partial charge in [-0.3, -0.25) is 4.98 Å². The minimum atomic E-state index is -0.822. The third kappa shape index (κ3) is 6.36. The average Bonchev–Trinajstić information content (AvgIpc) is 2.78. The Morgan fingerprint density at radius 2 is 2.29 bits per heavy atom. The van der Waals surface area contributed by atoms with Crippen molar-refractivity contribution >= 4 is 23.5 Å². The van der Waals surface area contributed by atoms with Gasteiger partial charge in [0.05, 0.1) is 17.0 Å². The van der Waals surface area contributed by atoms with Gasteiger partial charge in [0.1, 0.15) is 6.61 Å². The maximum Gasteiger partial charge on any atom is 0.407 e. The van der Waals surface area contributed by atoms with Crippen LogP contribution in [0.25, 0.3) is 0 Å². The number of aromatic nitrogens is 1. The molecular weight excluding hydrogens is 246 g/mol. The van der Waals surface area contributed by atoms with E-state index in [9.17, 15) is 9.59 Å². The van der Waals surface area contributed by atoms with E-state index in [4.69, 9.17) is 10.5 Å². The van der Waals surface area contributed by atoms with Gasteiger partial charge < -0.3 is 20.5 Å². The molecule has 1 heterocycles. The van der Waals surface area contributed by atoms with Crippen LogP contribution in [0.3, 0.4) is 0 Å². The van der Waals surface area contributed by atoms with Gasteiger partial charge >= 0.3 is 12.2 Å². The van der Waals surface area contributed by atoms with Crippen molar-refractivity contribution in [1.29, 1.82) is 0 Å². The summed E-state index contributed by atoms with van der Waals surface area (Å²) < 4.78 is 9.38. The van der Waals surface area contributed by atoms with Crippen molar-refractivity contribution in [3.63, 3.8) is 0 Å². The van der Waals surface area contributed by atoms with E-state index in [1.165, 1.54) is 11.3 Å². The van der Waals surface area contributed by atoms with Gasteiger partial charge in [-0.15, -0.1) is 11.3 Å². The van der Waals surface area contributed by atoms with Gasteiger partial charge in [0.15, 0.2) is 0 Å². The Labute approximate surface area is 102 Å². The molecular formula is C9H13N3O4S. The summed E-state index contributed by atoms with van der Waals surface area (Å²) in [5.41, 5.74) is 6.42. The number of thiazole rings is 1. The normalized spacial score (nSPS) is 9.65. The Hall–Kier alpha value is -1.83. The molecule has 0 aromatic carbocycles. The predicted molar refractivity (Wildman–Crippen MR) is 60.5 cm³/mol. The molecule has 0 saturated carbocycles. The summed E-state index contributed by atoms with van der Waals surface area (Å²) in [6.07, 6.45) is 0.785. The second kappa shape index (κ2) is 7.44. The van der Waals surface area contributed by atoms with E-state index in [0.717, 1.165) is 4.88 Å². The number of carbonyl (C=O) groups is 2. The van der Waals surface area contributed by atoms with Crippen molar-refractivity contribution in [2.24, 2.45) is 5.73 Å². The maximum atomic E-state index is 11.2. The molecule has 0 aliphatic heterocycles. The second-order valence-corrected chi connectivity index (χ2v) is 3.96. The molecule has 0 bridgehead atoms. The molecule has 1 aromatic heterocycles. The topological polar surface area (TPSA) is 104 Å². The molecule has 0 unspecified atom stereocenters. The van der Waals surface area contributed by atoms with Crippen LogP contribution < -0.4 is 11.1 Å². The highest BCUT2D eigenvalue weighted by molar-refractivity contribution is 7.09. The van der Waals surface area contributed by atoms with Gasteiger partial charge in [-0.1, -0.05) is 0 Å². The number of primary amides is 1. The molecule has 94 valence electrons. The van der Waals surface area contributed by atoms with Crippen LogP contribution in [0.5, 0.6) is 0 Å². The Balaban J connectivity index is 2.00. The summed E-state index contributed by atoms with van der Waals surface area (Å²) in [4.78, 5) is 26.1. The molecule has 1 rings (SSSR count). The monoisotopic (exact) mass is 259 g/mol. The predicted octanol–water partition coefficient (Wildman–Crippen LogP) is 0.855. The Bertz CT molecular complexity index is 355. The fourth-order valence-electron chi connectivity index (χ4n) is 0.936. The van der Waals surface area contributed by atoms with Gasteiger partial charge in [0, 0.05) is 12.7 Å². The summed E-state index contributed by atoms with van der Waals surface area (Å²) in [5, 5.41) is 2.51. The highest BCUT2D eigenvalue weighted by Crippen LogP contribution is 2.06. The standard InChI is InChI=1S/C9H13N3O4S/c10-8(13)15-3-1-2-12-9(14)16-5-7-4-11-6-17-7/h4,6H,1-3,5H2,(H2,10,13)(H,12,14). The van der Waals surface area contributed by atoms with Crippen LogP contribution in [0.1, 0.15) is 11.3 Å². The van der Waals surface area contributed by atoms with Crippen molar-refractivity contribution in [1.82, 2.24) is 10.3 Å². The van der Waals surface area contributed by atoms with Crippen molar-refractivity contribution in [2.75, 3.05) is 13.2 Å². The molecule has 2 amide bonds. The van der Waals surface area contributed by atoms with E-state index in [0.29, 0.717) is 13.0 Å². The SMILES string of the molecule is NC(=O)OCCCNC(=O)OCc1cncs1. The molecule has 17 heavy (non-hydrogen) atoms. The fourth-order valence-corrected chi connectivity index (χ4v) is 1.44. The fraction of sp³-hybridized carbons (Fsp3) is 0.444. The molecule has 0 radical (unpaired) electrons. The number of carbonyl (C=O) groups excluding carboxylic acids is 2. The first kappa shape index (κ1) is 13.2. The summed E-state index contributed by atoms with van der Waals surface area (Å²) >= 11 is 1.41. The molecule has 0 aliphatic rings. The molecule has 0 aliphatic carbocycles. The van der Waals surface area contributed by atoms with Crippen molar-refractivity contribution in [3.8, 4) is 0 Å². The zero-order valence-corrected chi connectivity index (χ0v) is 9.87. The molecule has 8 heteroatoms. The van der Waals surface area contributed by atoms with E-state index >= 15 is 0 Å². The van der Waals surface area contributed by atoms with Gasteiger partial charge in [0.2, 0.25) is 0 Å². The minimum Gasteiger partial charge on any atom is -0.450 e. The summed E-state index contributed by atoms with van der Waals surface area (Å²) in [6, 6.07) is 0. The van der Waals surface area contributed by atoms with E-state index < -0.39 is 12.2 Å². The van der Waals surface area contributed by atoms with Crippen LogP contribution in [-0.4, -0.2) is 30.3 Å². The number of ether oxygens (including phenoxy) is 2. The van der Waals surface area contributed by atoms with Gasteiger partial charge in [0.25, 0.3) is 0 Å². The quantitative estimate of drug-likeness (QED) is 0.737. The first-order valence-electron chi connectivity index (χ1n) is 4.88. The molecule has 7 nitrogen and oxygen atoms in total. The first-order valence-corrected chi connectivity index (χ1v) is 5.76. The summed E-state index contributed by atoms with van der Waals surface area (Å²) in [5.74, 6) is 0. The van der Waals surface area contributed by atoms with Gasteiger partial charge in [-0.25, -0.2) is 9.59 Å². The lowest BCUT2D eigenvalue weighted by Crippen LogP contribution is -2.26. The van der Waals surface area contributed by atoms with Crippen molar-refractivity contribution in [2.45, 2.75) is 13.0 Å². The average molecular weight is 259 g/mol. The maximum absolute atomic E-state index is 11.2. The summed E-state index contributed by atoms with van der Waals surface area (Å²) in [6.45, 7) is 0.730. The third-order valence-corrected chi connectivity index (χ3v) is 2.42. The highest BCUT2D eigenvalue weighted by Gasteiger charge is 2.03. The number of amides is 2. The van der Waals surface area contributed by atoms with Gasteiger partial charge in [-0.05, 0) is 6.42 Å². The van der Waals surface area contributed by atoms with E-state index in [-0.39, 0.29) is 13.2 Å². The van der Waals surface area contributed by atoms with E-state index in [1.807, 2.05) is 0 Å². The number of rotatable bonds is 6. The number of nitrogens with one attached hydrogen (secondary N) is 1. The number of alkyl carbamates (subject to hydrolysis) is 1. The molecule has 3 N–H and O–H groups in total. The lowest BCUT2D eigenvalue weighted by Gasteiger charge is -2.05. The minimum absolute atomic E-state index is 0.171. The molecule has 0 fully saturated rings. The zero-order valence-electron chi connectivity index (χ0n) is 9.05. The lowest BCUT2D eigenvalue weighted by molar-refractivity contribution is 0.137. The summed E-state index contributed by atoms with van der Waals surface area (Å²) in [7, 11) is 0. The van der Waals surface area contributed by atoms with Crippen LogP contribution in [0.4, 0.5) is 9.59 Å². The van der Waals surface area contributed by atoms with Crippen LogP contribution in [0, 0.1) is 0 Å². The van der Waals surface area contributed by atoms with Crippen LogP contribution in [0.15, 0.2) is 11.7 Å². The third-order valence-electron chi connectivity index (χ3n) is 1.66. The van der Waals surface area contributed by atoms with Crippen LogP contribution >= 0.6 is 11.3 Å². The van der Waals surface area contributed by atoms with Gasteiger partial charge in [-0.2, -0.15) is 0 Å². The van der Waals surface area contributed by atoms with E-state index in [2.05, 4.69) is 15.0 Å². The highest BCUT2D eigenvalue weighted by atomic mass is 32.1. The molecule has 0 atom stereocenters. The lowest BCUT2D eigenvalue weighted by atomic mass is 10.4. The number of hydrogen-bond acceptors (Lipinski definition) is 6. The molecule has 1 aromatic rings. The smallest absolute Gasteiger partial charge is 0.407 e. The number of nitrogens with two attached hydrogens (primary N) is 1. The molecule has 0 spiro atoms.